The normalized spacial score (nSPS) is 20.9. The fraction of sp³-hybridized carbons (Fsp3) is 0.588. The van der Waals surface area contributed by atoms with Gasteiger partial charge in [-0.3, -0.25) is 4.79 Å². The first kappa shape index (κ1) is 13.5. The smallest absolute Gasteiger partial charge is 0.242 e. The van der Waals surface area contributed by atoms with E-state index in [-0.39, 0.29) is 5.91 Å². The van der Waals surface area contributed by atoms with Gasteiger partial charge in [-0.1, -0.05) is 32.0 Å². The number of para-hydroxylation sites is 1. The van der Waals surface area contributed by atoms with Crippen molar-refractivity contribution in [3.8, 4) is 0 Å². The lowest BCUT2D eigenvalue weighted by Crippen LogP contribution is -2.45. The number of piperidine rings is 1. The first-order valence-corrected chi connectivity index (χ1v) is 7.66. The van der Waals surface area contributed by atoms with Gasteiger partial charge in [-0.05, 0) is 36.3 Å². The zero-order valence-electron chi connectivity index (χ0n) is 12.6. The molecule has 3 heteroatoms. The summed E-state index contributed by atoms with van der Waals surface area (Å²) in [5.74, 6) is 0.289. The molecular weight excluding hydrogens is 248 g/mol. The van der Waals surface area contributed by atoms with Crippen molar-refractivity contribution in [1.82, 2.24) is 4.90 Å². The second kappa shape index (κ2) is 5.12. The zero-order valence-corrected chi connectivity index (χ0v) is 12.6. The minimum Gasteiger partial charge on any atom is -0.362 e. The van der Waals surface area contributed by atoms with Crippen LogP contribution in [0.4, 0.5) is 5.69 Å². The number of benzene rings is 1. The molecule has 0 bridgehead atoms. The van der Waals surface area contributed by atoms with E-state index < -0.39 is 0 Å². The lowest BCUT2D eigenvalue weighted by atomic mass is 9.83. The van der Waals surface area contributed by atoms with Gasteiger partial charge in [0.15, 0.2) is 0 Å². The van der Waals surface area contributed by atoms with E-state index in [2.05, 4.69) is 43.0 Å². The summed E-state index contributed by atoms with van der Waals surface area (Å²) in [4.78, 5) is 16.7. The fourth-order valence-corrected chi connectivity index (χ4v) is 3.20. The SMILES string of the molecule is CC1(C)CCN(C(=O)CN2CCc3ccccc32)CC1. The van der Waals surface area contributed by atoms with Gasteiger partial charge in [0.05, 0.1) is 6.54 Å². The first-order chi connectivity index (χ1) is 9.55. The largest absolute Gasteiger partial charge is 0.362 e. The highest BCUT2D eigenvalue weighted by molar-refractivity contribution is 5.82. The van der Waals surface area contributed by atoms with Crippen LogP contribution in [0.2, 0.25) is 0 Å². The van der Waals surface area contributed by atoms with Crippen LogP contribution in [0, 0.1) is 5.41 Å². The molecular formula is C17H24N2O. The minimum atomic E-state index is 0.289. The van der Waals surface area contributed by atoms with E-state index in [1.807, 2.05) is 4.90 Å². The van der Waals surface area contributed by atoms with E-state index in [9.17, 15) is 4.79 Å². The first-order valence-electron chi connectivity index (χ1n) is 7.66. The van der Waals surface area contributed by atoms with Crippen LogP contribution in [0.15, 0.2) is 24.3 Å². The van der Waals surface area contributed by atoms with Crippen LogP contribution in [0.5, 0.6) is 0 Å². The van der Waals surface area contributed by atoms with Crippen LogP contribution in [0.25, 0.3) is 0 Å². The zero-order chi connectivity index (χ0) is 14.2. The van der Waals surface area contributed by atoms with Crippen molar-refractivity contribution in [3.63, 3.8) is 0 Å². The van der Waals surface area contributed by atoms with Crippen LogP contribution in [0.1, 0.15) is 32.3 Å². The van der Waals surface area contributed by atoms with E-state index in [0.717, 1.165) is 38.9 Å². The van der Waals surface area contributed by atoms with Gasteiger partial charge in [0.2, 0.25) is 5.91 Å². The number of nitrogens with zero attached hydrogens (tertiary/aromatic N) is 2. The third-order valence-corrected chi connectivity index (χ3v) is 4.78. The van der Waals surface area contributed by atoms with Crippen molar-refractivity contribution < 1.29 is 4.79 Å². The van der Waals surface area contributed by atoms with Crippen molar-refractivity contribution in [2.75, 3.05) is 31.1 Å². The molecule has 1 saturated heterocycles. The molecule has 1 fully saturated rings. The van der Waals surface area contributed by atoms with Gasteiger partial charge in [-0.15, -0.1) is 0 Å². The molecule has 1 amide bonds. The quantitative estimate of drug-likeness (QED) is 0.826. The van der Waals surface area contributed by atoms with E-state index >= 15 is 0 Å². The summed E-state index contributed by atoms with van der Waals surface area (Å²) >= 11 is 0. The Labute approximate surface area is 121 Å². The Morgan fingerprint density at radius 2 is 1.85 bits per heavy atom. The topological polar surface area (TPSA) is 23.6 Å². The summed E-state index contributed by atoms with van der Waals surface area (Å²) in [6.45, 7) is 7.95. The van der Waals surface area contributed by atoms with Crippen LogP contribution in [-0.2, 0) is 11.2 Å². The molecule has 3 nitrogen and oxygen atoms in total. The lowest BCUT2D eigenvalue weighted by molar-refractivity contribution is -0.131. The predicted molar refractivity (Wildman–Crippen MR) is 82.0 cm³/mol. The molecule has 108 valence electrons. The summed E-state index contributed by atoms with van der Waals surface area (Å²) in [6, 6.07) is 8.44. The third-order valence-electron chi connectivity index (χ3n) is 4.78. The molecule has 3 rings (SSSR count). The Bertz CT molecular complexity index is 499. The Morgan fingerprint density at radius 3 is 2.60 bits per heavy atom. The summed E-state index contributed by atoms with van der Waals surface area (Å²) in [5, 5.41) is 0. The second-order valence-electron chi connectivity index (χ2n) is 6.85. The molecule has 0 N–H and O–H groups in total. The van der Waals surface area contributed by atoms with Crippen LogP contribution in [0.3, 0.4) is 0 Å². The summed E-state index contributed by atoms with van der Waals surface area (Å²) < 4.78 is 0. The fourth-order valence-electron chi connectivity index (χ4n) is 3.20. The third kappa shape index (κ3) is 2.67. The lowest BCUT2D eigenvalue weighted by Gasteiger charge is -2.37. The van der Waals surface area contributed by atoms with Crippen LogP contribution < -0.4 is 4.90 Å². The molecule has 2 aliphatic heterocycles. The molecule has 20 heavy (non-hydrogen) atoms. The van der Waals surface area contributed by atoms with Gasteiger partial charge in [0, 0.05) is 25.3 Å². The molecule has 0 aromatic heterocycles. The van der Waals surface area contributed by atoms with Gasteiger partial charge in [-0.25, -0.2) is 0 Å². The van der Waals surface area contributed by atoms with Gasteiger partial charge in [-0.2, -0.15) is 0 Å². The molecule has 0 spiro atoms. The van der Waals surface area contributed by atoms with Crippen molar-refractivity contribution in [1.29, 1.82) is 0 Å². The highest BCUT2D eigenvalue weighted by atomic mass is 16.2. The Balaban J connectivity index is 1.61. The predicted octanol–water partition coefficient (Wildman–Crippen LogP) is 2.70. The van der Waals surface area contributed by atoms with Crippen molar-refractivity contribution in [2.45, 2.75) is 33.1 Å². The summed E-state index contributed by atoms with van der Waals surface area (Å²) in [7, 11) is 0. The highest BCUT2D eigenvalue weighted by Crippen LogP contribution is 2.31. The monoisotopic (exact) mass is 272 g/mol. The maximum atomic E-state index is 12.5. The average Bonchev–Trinajstić information content (AvgIpc) is 2.82. The molecule has 0 unspecified atom stereocenters. The molecule has 2 heterocycles. The summed E-state index contributed by atoms with van der Waals surface area (Å²) in [5.41, 5.74) is 3.02. The minimum absolute atomic E-state index is 0.289. The van der Waals surface area contributed by atoms with Crippen molar-refractivity contribution in [3.05, 3.63) is 29.8 Å². The Morgan fingerprint density at radius 1 is 1.15 bits per heavy atom. The standard InChI is InChI=1S/C17H24N2O/c1-17(2)8-11-18(12-9-17)16(20)13-19-10-7-14-5-3-4-6-15(14)19/h3-6H,7-13H2,1-2H3. The highest BCUT2D eigenvalue weighted by Gasteiger charge is 2.29. The number of hydrogen-bond acceptors (Lipinski definition) is 2. The molecule has 0 saturated carbocycles. The van der Waals surface area contributed by atoms with Crippen LogP contribution in [-0.4, -0.2) is 37.0 Å². The van der Waals surface area contributed by atoms with Gasteiger partial charge in [0.1, 0.15) is 0 Å². The maximum absolute atomic E-state index is 12.5. The number of fused-ring (bicyclic) bond motifs is 1. The number of hydrogen-bond donors (Lipinski definition) is 0. The van der Waals surface area contributed by atoms with Gasteiger partial charge < -0.3 is 9.80 Å². The van der Waals surface area contributed by atoms with Crippen LogP contribution >= 0.6 is 0 Å². The number of anilines is 1. The molecule has 0 atom stereocenters. The number of likely N-dealkylation sites (tertiary alicyclic amines) is 1. The number of rotatable bonds is 2. The van der Waals surface area contributed by atoms with Gasteiger partial charge in [0.25, 0.3) is 0 Å². The number of carbonyl (C=O) groups is 1. The van der Waals surface area contributed by atoms with E-state index in [1.54, 1.807) is 0 Å². The maximum Gasteiger partial charge on any atom is 0.242 e. The number of amides is 1. The molecule has 0 radical (unpaired) electrons. The molecule has 0 aliphatic carbocycles. The number of carbonyl (C=O) groups excluding carboxylic acids is 1. The Hall–Kier alpha value is -1.51. The van der Waals surface area contributed by atoms with E-state index in [4.69, 9.17) is 0 Å². The van der Waals surface area contributed by atoms with Gasteiger partial charge >= 0.3 is 0 Å². The van der Waals surface area contributed by atoms with E-state index in [0.29, 0.717) is 12.0 Å². The molecule has 1 aromatic carbocycles. The Kier molecular flexibility index (Phi) is 3.45. The van der Waals surface area contributed by atoms with Crippen molar-refractivity contribution in [2.24, 2.45) is 5.41 Å². The summed E-state index contributed by atoms with van der Waals surface area (Å²) in [6.07, 6.45) is 3.31. The molecule has 2 aliphatic rings. The molecule has 1 aromatic rings. The second-order valence-corrected chi connectivity index (χ2v) is 6.85. The van der Waals surface area contributed by atoms with E-state index in [1.165, 1.54) is 11.3 Å². The average molecular weight is 272 g/mol. The van der Waals surface area contributed by atoms with Crippen molar-refractivity contribution >= 4 is 11.6 Å².